The van der Waals surface area contributed by atoms with E-state index in [1.165, 1.54) is 11.3 Å². The third kappa shape index (κ3) is 5.65. The van der Waals surface area contributed by atoms with Crippen molar-refractivity contribution in [1.82, 2.24) is 9.80 Å². The van der Waals surface area contributed by atoms with E-state index in [2.05, 4.69) is 48.2 Å². The molecule has 1 aromatic heterocycles. The van der Waals surface area contributed by atoms with Gasteiger partial charge in [-0.2, -0.15) is 0 Å². The molecule has 1 heterocycles. The highest BCUT2D eigenvalue weighted by Gasteiger charge is 2.06. The summed E-state index contributed by atoms with van der Waals surface area (Å²) in [6, 6.07) is 2.02. The molecule has 0 radical (unpaired) electrons. The first-order chi connectivity index (χ1) is 8.63. The normalized spacial score (nSPS) is 10.8. The SMILES string of the molecule is CN(C)CCCN(C)Cc1sccc1C#CCO. The predicted molar refractivity (Wildman–Crippen MR) is 77.8 cm³/mol. The molecule has 0 spiro atoms. The molecule has 0 aliphatic heterocycles. The summed E-state index contributed by atoms with van der Waals surface area (Å²) in [5.74, 6) is 5.71. The average Bonchev–Trinajstić information content (AvgIpc) is 2.73. The quantitative estimate of drug-likeness (QED) is 0.790. The topological polar surface area (TPSA) is 26.7 Å². The molecular weight excluding hydrogens is 244 g/mol. The Morgan fingerprint density at radius 1 is 1.28 bits per heavy atom. The molecule has 0 saturated heterocycles. The van der Waals surface area contributed by atoms with Crippen molar-refractivity contribution >= 4 is 11.3 Å². The smallest absolute Gasteiger partial charge is 0.104 e. The summed E-state index contributed by atoms with van der Waals surface area (Å²) in [5.41, 5.74) is 1.05. The van der Waals surface area contributed by atoms with Crippen LogP contribution in [-0.4, -0.2) is 55.7 Å². The fourth-order valence-corrected chi connectivity index (χ4v) is 2.60. The van der Waals surface area contributed by atoms with Crippen molar-refractivity contribution in [2.75, 3.05) is 40.8 Å². The first kappa shape index (κ1) is 15.2. The van der Waals surface area contributed by atoms with Gasteiger partial charge in [0.15, 0.2) is 0 Å². The van der Waals surface area contributed by atoms with Gasteiger partial charge in [0, 0.05) is 17.0 Å². The van der Waals surface area contributed by atoms with Crippen LogP contribution in [0.15, 0.2) is 11.4 Å². The molecule has 0 saturated carbocycles. The van der Waals surface area contributed by atoms with Gasteiger partial charge in [-0.1, -0.05) is 11.8 Å². The lowest BCUT2D eigenvalue weighted by molar-refractivity contribution is 0.296. The Morgan fingerprint density at radius 2 is 2.06 bits per heavy atom. The van der Waals surface area contributed by atoms with Gasteiger partial charge in [0.25, 0.3) is 0 Å². The molecule has 0 aromatic carbocycles. The van der Waals surface area contributed by atoms with E-state index in [0.29, 0.717) is 0 Å². The van der Waals surface area contributed by atoms with E-state index in [9.17, 15) is 0 Å². The second-order valence-corrected chi connectivity index (χ2v) is 5.61. The summed E-state index contributed by atoms with van der Waals surface area (Å²) in [4.78, 5) is 5.81. The first-order valence-electron chi connectivity index (χ1n) is 6.13. The number of aliphatic hydroxyl groups is 1. The molecule has 0 fully saturated rings. The van der Waals surface area contributed by atoms with E-state index in [1.807, 2.05) is 6.07 Å². The summed E-state index contributed by atoms with van der Waals surface area (Å²) < 4.78 is 0. The molecule has 0 amide bonds. The van der Waals surface area contributed by atoms with Crippen LogP contribution in [-0.2, 0) is 6.54 Å². The summed E-state index contributed by atoms with van der Waals surface area (Å²) in [7, 11) is 6.34. The van der Waals surface area contributed by atoms with Gasteiger partial charge in [-0.05, 0) is 52.1 Å². The second-order valence-electron chi connectivity index (χ2n) is 4.61. The van der Waals surface area contributed by atoms with Crippen LogP contribution in [0.5, 0.6) is 0 Å². The lowest BCUT2D eigenvalue weighted by Crippen LogP contribution is -2.23. The van der Waals surface area contributed by atoms with Crippen molar-refractivity contribution in [1.29, 1.82) is 0 Å². The van der Waals surface area contributed by atoms with E-state index in [4.69, 9.17) is 5.11 Å². The third-order valence-electron chi connectivity index (χ3n) is 2.61. The standard InChI is InChI=1S/C14H22N2OS/c1-15(2)8-5-9-16(3)12-14-13(6-4-10-17)7-11-18-14/h7,11,17H,5,8-10,12H2,1-3H3. The average molecular weight is 266 g/mol. The van der Waals surface area contributed by atoms with Crippen molar-refractivity contribution in [2.45, 2.75) is 13.0 Å². The number of rotatable bonds is 6. The van der Waals surface area contributed by atoms with Gasteiger partial charge in [0.2, 0.25) is 0 Å². The zero-order chi connectivity index (χ0) is 13.4. The Balaban J connectivity index is 2.44. The molecule has 4 heteroatoms. The molecule has 1 aromatic rings. The highest BCUT2D eigenvalue weighted by Crippen LogP contribution is 2.17. The lowest BCUT2D eigenvalue weighted by atomic mass is 10.2. The molecule has 0 unspecified atom stereocenters. The summed E-state index contributed by atoms with van der Waals surface area (Å²) in [6.07, 6.45) is 1.17. The van der Waals surface area contributed by atoms with Crippen LogP contribution in [0.25, 0.3) is 0 Å². The third-order valence-corrected chi connectivity index (χ3v) is 3.51. The zero-order valence-electron chi connectivity index (χ0n) is 11.4. The Kier molecular flexibility index (Phi) is 6.99. The minimum atomic E-state index is -0.0754. The molecule has 0 atom stereocenters. The highest BCUT2D eigenvalue weighted by molar-refractivity contribution is 7.10. The molecule has 0 bridgehead atoms. The van der Waals surface area contributed by atoms with E-state index < -0.39 is 0 Å². The van der Waals surface area contributed by atoms with Crippen molar-refractivity contribution in [2.24, 2.45) is 0 Å². The van der Waals surface area contributed by atoms with E-state index >= 15 is 0 Å². The molecule has 1 rings (SSSR count). The maximum absolute atomic E-state index is 8.72. The second kappa shape index (κ2) is 8.28. The number of aliphatic hydroxyl groups excluding tert-OH is 1. The summed E-state index contributed by atoms with van der Waals surface area (Å²) in [6.45, 7) is 3.06. The van der Waals surface area contributed by atoms with E-state index in [-0.39, 0.29) is 6.61 Å². The molecule has 3 nitrogen and oxygen atoms in total. The van der Waals surface area contributed by atoms with Gasteiger partial charge >= 0.3 is 0 Å². The van der Waals surface area contributed by atoms with E-state index in [1.54, 1.807) is 11.3 Å². The van der Waals surface area contributed by atoms with Crippen molar-refractivity contribution in [3.63, 3.8) is 0 Å². The van der Waals surface area contributed by atoms with Crippen molar-refractivity contribution < 1.29 is 5.11 Å². The molecule has 0 aliphatic carbocycles. The largest absolute Gasteiger partial charge is 0.384 e. The number of hydrogen-bond acceptors (Lipinski definition) is 4. The van der Waals surface area contributed by atoms with Crippen LogP contribution in [0.1, 0.15) is 16.9 Å². The number of thiophene rings is 1. The Hall–Kier alpha value is -0.860. The molecule has 18 heavy (non-hydrogen) atoms. The minimum absolute atomic E-state index is 0.0754. The van der Waals surface area contributed by atoms with Crippen LogP contribution >= 0.6 is 11.3 Å². The van der Waals surface area contributed by atoms with E-state index in [0.717, 1.165) is 25.2 Å². The van der Waals surface area contributed by atoms with Crippen molar-refractivity contribution in [3.05, 3.63) is 21.9 Å². The van der Waals surface area contributed by atoms with Crippen LogP contribution in [0.2, 0.25) is 0 Å². The number of nitrogens with zero attached hydrogens (tertiary/aromatic N) is 2. The Bertz CT molecular complexity index is 403. The monoisotopic (exact) mass is 266 g/mol. The lowest BCUT2D eigenvalue weighted by Gasteiger charge is -2.17. The molecular formula is C14H22N2OS. The summed E-state index contributed by atoms with van der Waals surface area (Å²) >= 11 is 1.73. The van der Waals surface area contributed by atoms with Crippen LogP contribution in [0.4, 0.5) is 0 Å². The Morgan fingerprint density at radius 3 is 2.72 bits per heavy atom. The number of hydrogen-bond donors (Lipinski definition) is 1. The van der Waals surface area contributed by atoms with Gasteiger partial charge in [-0.15, -0.1) is 11.3 Å². The van der Waals surface area contributed by atoms with Gasteiger partial charge in [0.05, 0.1) is 0 Å². The van der Waals surface area contributed by atoms with Gasteiger partial charge < -0.3 is 14.9 Å². The molecule has 0 aliphatic rings. The Labute approximate surface area is 114 Å². The van der Waals surface area contributed by atoms with Gasteiger partial charge in [0.1, 0.15) is 6.61 Å². The fraction of sp³-hybridized carbons (Fsp3) is 0.571. The van der Waals surface area contributed by atoms with Gasteiger partial charge in [-0.25, -0.2) is 0 Å². The maximum Gasteiger partial charge on any atom is 0.104 e. The van der Waals surface area contributed by atoms with Crippen LogP contribution in [0.3, 0.4) is 0 Å². The van der Waals surface area contributed by atoms with Crippen LogP contribution in [0, 0.1) is 11.8 Å². The first-order valence-corrected chi connectivity index (χ1v) is 7.01. The minimum Gasteiger partial charge on any atom is -0.384 e. The fourth-order valence-electron chi connectivity index (χ4n) is 1.69. The highest BCUT2D eigenvalue weighted by atomic mass is 32.1. The molecule has 1 N–H and O–H groups in total. The predicted octanol–water partition coefficient (Wildman–Crippen LogP) is 1.48. The van der Waals surface area contributed by atoms with Gasteiger partial charge in [-0.3, -0.25) is 0 Å². The zero-order valence-corrected chi connectivity index (χ0v) is 12.3. The van der Waals surface area contributed by atoms with Crippen LogP contribution < -0.4 is 0 Å². The maximum atomic E-state index is 8.72. The van der Waals surface area contributed by atoms with Crippen molar-refractivity contribution in [3.8, 4) is 11.8 Å². The molecule has 100 valence electrons. The summed E-state index contributed by atoms with van der Waals surface area (Å²) in [5, 5.41) is 10.8.